The van der Waals surface area contributed by atoms with Crippen LogP contribution in [0.2, 0.25) is 0 Å². The Kier molecular flexibility index (Phi) is 4.85. The zero-order valence-electron chi connectivity index (χ0n) is 13.5. The number of methoxy groups -OCH3 is 2. The molecule has 130 valence electrons. The average molecular weight is 360 g/mol. The molecule has 0 fully saturated rings. The van der Waals surface area contributed by atoms with E-state index in [-0.39, 0.29) is 0 Å². The SMILES string of the molecule is COc1cc2ncc(Nc3ccc(N[SH](=O)=O)cc3)nc2cc1OC. The van der Waals surface area contributed by atoms with E-state index < -0.39 is 10.9 Å². The molecule has 3 aromatic rings. The van der Waals surface area contributed by atoms with Gasteiger partial charge in [0, 0.05) is 23.5 Å². The molecule has 0 radical (unpaired) electrons. The van der Waals surface area contributed by atoms with Gasteiger partial charge in [0.05, 0.1) is 31.4 Å². The van der Waals surface area contributed by atoms with Gasteiger partial charge in [-0.1, -0.05) is 0 Å². The fourth-order valence-corrected chi connectivity index (χ4v) is 2.64. The summed E-state index contributed by atoms with van der Waals surface area (Å²) >= 11 is 0. The monoisotopic (exact) mass is 360 g/mol. The van der Waals surface area contributed by atoms with E-state index in [0.717, 1.165) is 5.69 Å². The molecular weight excluding hydrogens is 344 g/mol. The summed E-state index contributed by atoms with van der Waals surface area (Å²) in [5.41, 5.74) is 2.58. The molecule has 0 bridgehead atoms. The van der Waals surface area contributed by atoms with Crippen molar-refractivity contribution in [3.05, 3.63) is 42.6 Å². The Bertz CT molecular complexity index is 966. The molecule has 8 nitrogen and oxygen atoms in total. The molecule has 0 spiro atoms. The first-order valence-corrected chi connectivity index (χ1v) is 8.43. The number of nitrogens with one attached hydrogen (secondary N) is 2. The van der Waals surface area contributed by atoms with Crippen molar-refractivity contribution in [3.8, 4) is 11.5 Å². The van der Waals surface area contributed by atoms with Gasteiger partial charge in [-0.05, 0) is 24.3 Å². The summed E-state index contributed by atoms with van der Waals surface area (Å²) in [6, 6.07) is 10.3. The van der Waals surface area contributed by atoms with Gasteiger partial charge < -0.3 is 14.8 Å². The van der Waals surface area contributed by atoms with Crippen molar-refractivity contribution in [2.24, 2.45) is 0 Å². The van der Waals surface area contributed by atoms with Crippen molar-refractivity contribution >= 4 is 39.1 Å². The maximum absolute atomic E-state index is 10.6. The second-order valence-electron chi connectivity index (χ2n) is 5.02. The molecule has 0 atom stereocenters. The minimum atomic E-state index is -2.68. The van der Waals surface area contributed by atoms with E-state index in [0.29, 0.717) is 34.0 Å². The molecule has 0 aliphatic heterocycles. The Balaban J connectivity index is 1.86. The number of thiol groups is 1. The van der Waals surface area contributed by atoms with Crippen molar-refractivity contribution in [1.82, 2.24) is 9.97 Å². The Morgan fingerprint density at radius 1 is 0.920 bits per heavy atom. The molecule has 1 heterocycles. The second kappa shape index (κ2) is 7.22. The molecule has 1 aromatic heterocycles. The zero-order valence-corrected chi connectivity index (χ0v) is 14.4. The van der Waals surface area contributed by atoms with Crippen molar-refractivity contribution in [2.45, 2.75) is 0 Å². The standard InChI is InChI=1S/C16H16N4O4S/c1-23-14-7-12-13(8-15(14)24-2)19-16(9-17-12)18-10-3-5-11(6-4-10)20-25(21)22/h3-9,25H,1-2H3,(H,18,19)(H,20,21,22). The van der Waals surface area contributed by atoms with Crippen LogP contribution in [0.4, 0.5) is 17.2 Å². The Labute approximate surface area is 145 Å². The number of ether oxygens (including phenoxy) is 2. The number of hydrogen-bond acceptors (Lipinski definition) is 7. The lowest BCUT2D eigenvalue weighted by atomic mass is 10.2. The normalized spacial score (nSPS) is 10.7. The maximum atomic E-state index is 10.6. The molecule has 0 amide bonds. The Morgan fingerprint density at radius 2 is 1.52 bits per heavy atom. The summed E-state index contributed by atoms with van der Waals surface area (Å²) in [4.78, 5) is 8.87. The van der Waals surface area contributed by atoms with E-state index in [1.54, 1.807) is 56.8 Å². The summed E-state index contributed by atoms with van der Waals surface area (Å²) in [6.45, 7) is 0. The van der Waals surface area contributed by atoms with Crippen molar-refractivity contribution in [3.63, 3.8) is 0 Å². The van der Waals surface area contributed by atoms with Crippen LogP contribution in [-0.2, 0) is 10.9 Å². The van der Waals surface area contributed by atoms with Gasteiger partial charge in [-0.2, -0.15) is 0 Å². The van der Waals surface area contributed by atoms with Gasteiger partial charge in [0.25, 0.3) is 0 Å². The van der Waals surface area contributed by atoms with Crippen LogP contribution in [0.5, 0.6) is 11.5 Å². The highest BCUT2D eigenvalue weighted by Gasteiger charge is 2.08. The smallest absolute Gasteiger partial charge is 0.222 e. The van der Waals surface area contributed by atoms with Crippen LogP contribution in [0.3, 0.4) is 0 Å². The van der Waals surface area contributed by atoms with Gasteiger partial charge in [-0.25, -0.2) is 13.4 Å². The van der Waals surface area contributed by atoms with Crippen LogP contribution in [-0.4, -0.2) is 32.6 Å². The van der Waals surface area contributed by atoms with Crippen molar-refractivity contribution in [1.29, 1.82) is 0 Å². The summed E-state index contributed by atoms with van der Waals surface area (Å²) in [5, 5.41) is 3.12. The predicted octanol–water partition coefficient (Wildman–Crippen LogP) is 2.33. The summed E-state index contributed by atoms with van der Waals surface area (Å²) in [5.74, 6) is 1.71. The van der Waals surface area contributed by atoms with Crippen LogP contribution < -0.4 is 19.5 Å². The first-order valence-electron chi connectivity index (χ1n) is 7.26. The van der Waals surface area contributed by atoms with Crippen molar-refractivity contribution in [2.75, 3.05) is 24.3 Å². The van der Waals surface area contributed by atoms with E-state index >= 15 is 0 Å². The number of hydrogen-bond donors (Lipinski definition) is 3. The lowest BCUT2D eigenvalue weighted by Gasteiger charge is -2.10. The van der Waals surface area contributed by atoms with Gasteiger partial charge in [0.15, 0.2) is 11.5 Å². The number of fused-ring (bicyclic) bond motifs is 1. The molecule has 0 aliphatic carbocycles. The van der Waals surface area contributed by atoms with Crippen LogP contribution in [0.25, 0.3) is 11.0 Å². The molecule has 0 saturated carbocycles. The molecular formula is C16H16N4O4S. The highest BCUT2D eigenvalue weighted by molar-refractivity contribution is 7.73. The van der Waals surface area contributed by atoms with E-state index in [1.807, 2.05) is 0 Å². The van der Waals surface area contributed by atoms with E-state index in [4.69, 9.17) is 9.47 Å². The van der Waals surface area contributed by atoms with Gasteiger partial charge in [0.1, 0.15) is 5.82 Å². The van der Waals surface area contributed by atoms with Crippen molar-refractivity contribution < 1.29 is 17.9 Å². The van der Waals surface area contributed by atoms with Crippen LogP contribution in [0.15, 0.2) is 42.6 Å². The zero-order chi connectivity index (χ0) is 17.8. The third-order valence-electron chi connectivity index (χ3n) is 3.43. The first-order chi connectivity index (χ1) is 12.1. The summed E-state index contributed by atoms with van der Waals surface area (Å²) < 4.78 is 34.1. The van der Waals surface area contributed by atoms with Gasteiger partial charge in [-0.15, -0.1) is 0 Å². The number of nitrogens with zero attached hydrogens (tertiary/aromatic N) is 2. The van der Waals surface area contributed by atoms with Gasteiger partial charge in [0.2, 0.25) is 10.9 Å². The lowest BCUT2D eigenvalue weighted by molar-refractivity contribution is 0.355. The van der Waals surface area contributed by atoms with E-state index in [1.165, 1.54) is 0 Å². The Morgan fingerprint density at radius 3 is 2.12 bits per heavy atom. The fourth-order valence-electron chi connectivity index (χ4n) is 2.28. The lowest BCUT2D eigenvalue weighted by Crippen LogP contribution is -1.98. The van der Waals surface area contributed by atoms with E-state index in [9.17, 15) is 8.42 Å². The molecule has 0 unspecified atom stereocenters. The topological polar surface area (TPSA) is 102 Å². The quantitative estimate of drug-likeness (QED) is 0.580. The number of aromatic nitrogens is 2. The number of rotatable bonds is 6. The van der Waals surface area contributed by atoms with Crippen LogP contribution in [0.1, 0.15) is 0 Å². The average Bonchev–Trinajstić information content (AvgIpc) is 2.61. The number of anilines is 3. The third-order valence-corrected chi connectivity index (χ3v) is 3.87. The first kappa shape index (κ1) is 16.8. The minimum absolute atomic E-state index is 0.489. The van der Waals surface area contributed by atoms with E-state index in [2.05, 4.69) is 20.0 Å². The largest absolute Gasteiger partial charge is 0.493 e. The Hall–Kier alpha value is -3.07. The number of benzene rings is 2. The molecule has 2 aromatic carbocycles. The second-order valence-corrected chi connectivity index (χ2v) is 5.76. The maximum Gasteiger partial charge on any atom is 0.222 e. The molecule has 2 N–H and O–H groups in total. The minimum Gasteiger partial charge on any atom is -0.493 e. The summed E-state index contributed by atoms with van der Waals surface area (Å²) in [7, 11) is 0.446. The predicted molar refractivity (Wildman–Crippen MR) is 96.3 cm³/mol. The van der Waals surface area contributed by atoms with Crippen LogP contribution >= 0.6 is 0 Å². The fraction of sp³-hybridized carbons (Fsp3) is 0.125. The third kappa shape index (κ3) is 3.89. The molecule has 9 heteroatoms. The highest BCUT2D eigenvalue weighted by Crippen LogP contribution is 2.31. The molecule has 3 rings (SSSR count). The molecule has 25 heavy (non-hydrogen) atoms. The van der Waals surface area contributed by atoms with Crippen LogP contribution in [0, 0.1) is 0 Å². The van der Waals surface area contributed by atoms with Gasteiger partial charge >= 0.3 is 0 Å². The van der Waals surface area contributed by atoms with Gasteiger partial charge in [-0.3, -0.25) is 9.71 Å². The highest BCUT2D eigenvalue weighted by atomic mass is 32.2. The summed E-state index contributed by atoms with van der Waals surface area (Å²) in [6.07, 6.45) is 1.61. The molecule has 0 saturated heterocycles. The molecule has 0 aliphatic rings.